The van der Waals surface area contributed by atoms with E-state index in [1.54, 1.807) is 30.3 Å². The predicted octanol–water partition coefficient (Wildman–Crippen LogP) is 0.533. The number of fused-ring (bicyclic) bond motifs is 1. The van der Waals surface area contributed by atoms with Gasteiger partial charge in [-0.3, -0.25) is 14.4 Å². The summed E-state index contributed by atoms with van der Waals surface area (Å²) in [6.45, 7) is 0. The summed E-state index contributed by atoms with van der Waals surface area (Å²) in [5.41, 5.74) is 3.50. The highest BCUT2D eigenvalue weighted by Crippen LogP contribution is 2.74. The molecular weight excluding hydrogens is 328 g/mol. The van der Waals surface area contributed by atoms with Crippen molar-refractivity contribution >= 4 is 23.5 Å². The molecule has 0 aliphatic heterocycles. The van der Waals surface area contributed by atoms with Gasteiger partial charge >= 0.3 is 11.9 Å². The van der Waals surface area contributed by atoms with E-state index in [4.69, 9.17) is 10.5 Å². The second-order valence-corrected chi connectivity index (χ2v) is 6.73. The molecule has 5 unspecified atom stereocenters. The third-order valence-electron chi connectivity index (χ3n) is 5.62. The van der Waals surface area contributed by atoms with E-state index in [0.29, 0.717) is 5.69 Å². The first-order valence-corrected chi connectivity index (χ1v) is 7.90. The molecule has 2 aliphatic carbocycles. The molecular formula is C17H20N2O6. The molecule has 25 heavy (non-hydrogen) atoms. The first-order chi connectivity index (χ1) is 11.8. The maximum absolute atomic E-state index is 12.5. The number of para-hydroxylation sites is 1. The van der Waals surface area contributed by atoms with E-state index >= 15 is 0 Å². The van der Waals surface area contributed by atoms with Crippen molar-refractivity contribution in [2.45, 2.75) is 24.5 Å². The Morgan fingerprint density at radius 2 is 1.92 bits per heavy atom. The summed E-state index contributed by atoms with van der Waals surface area (Å²) < 4.78 is 5.28. The minimum Gasteiger partial charge on any atom is -0.481 e. The number of anilines is 1. The number of carboxylic acids is 2. The fourth-order valence-corrected chi connectivity index (χ4v) is 4.49. The van der Waals surface area contributed by atoms with Crippen LogP contribution in [0.1, 0.15) is 12.8 Å². The van der Waals surface area contributed by atoms with Crippen molar-refractivity contribution in [2.24, 2.45) is 23.0 Å². The zero-order valence-corrected chi connectivity index (χ0v) is 13.6. The normalized spacial score (nSPS) is 35.7. The molecule has 1 aromatic rings. The summed E-state index contributed by atoms with van der Waals surface area (Å²) in [6.07, 6.45) is -0.912. The van der Waals surface area contributed by atoms with Gasteiger partial charge in [0.15, 0.2) is 0 Å². The highest BCUT2D eigenvalue weighted by molar-refractivity contribution is 5.95. The third-order valence-corrected chi connectivity index (χ3v) is 5.62. The second-order valence-electron chi connectivity index (χ2n) is 6.73. The largest absolute Gasteiger partial charge is 0.481 e. The molecule has 0 radical (unpaired) electrons. The zero-order chi connectivity index (χ0) is 18.4. The number of ether oxygens (including phenoxy) is 1. The maximum Gasteiger partial charge on any atom is 0.324 e. The minimum atomic E-state index is -1.82. The molecule has 2 fully saturated rings. The van der Waals surface area contributed by atoms with Gasteiger partial charge in [0.25, 0.3) is 0 Å². The van der Waals surface area contributed by atoms with Crippen LogP contribution in [0.5, 0.6) is 0 Å². The van der Waals surface area contributed by atoms with Gasteiger partial charge in [-0.05, 0) is 12.1 Å². The smallest absolute Gasteiger partial charge is 0.324 e. The summed E-state index contributed by atoms with van der Waals surface area (Å²) in [5, 5.41) is 21.8. The highest BCUT2D eigenvalue weighted by atomic mass is 16.5. The van der Waals surface area contributed by atoms with Crippen molar-refractivity contribution in [2.75, 3.05) is 12.4 Å². The molecule has 8 nitrogen and oxygen atoms in total. The SMILES string of the molecule is COC1CC(N)(C(=O)O)C2(CC(=O)Nc3ccccc3)C(C(=O)O)C12. The highest BCUT2D eigenvalue weighted by Gasteiger charge is 2.85. The zero-order valence-electron chi connectivity index (χ0n) is 13.6. The predicted molar refractivity (Wildman–Crippen MR) is 86.7 cm³/mol. The second kappa shape index (κ2) is 5.82. The molecule has 0 saturated heterocycles. The molecule has 3 rings (SSSR count). The standard InChI is InChI=1S/C17H20N2O6/c1-25-10-7-17(18,15(23)24)16(12(10)13(16)14(21)22)8-11(20)19-9-5-3-2-4-6-9/h2-6,10,12-13H,7-8,18H2,1H3,(H,19,20)(H,21,22)(H,23,24). The fourth-order valence-electron chi connectivity index (χ4n) is 4.49. The number of methoxy groups -OCH3 is 1. The van der Waals surface area contributed by atoms with E-state index in [1.807, 2.05) is 0 Å². The number of nitrogens with one attached hydrogen (secondary N) is 1. The number of carbonyl (C=O) groups excluding carboxylic acids is 1. The van der Waals surface area contributed by atoms with Crippen molar-refractivity contribution in [3.63, 3.8) is 0 Å². The van der Waals surface area contributed by atoms with Crippen LogP contribution >= 0.6 is 0 Å². The topological polar surface area (TPSA) is 139 Å². The van der Waals surface area contributed by atoms with E-state index < -0.39 is 46.7 Å². The Labute approximate surface area is 144 Å². The van der Waals surface area contributed by atoms with Gasteiger partial charge in [0, 0.05) is 37.0 Å². The van der Waals surface area contributed by atoms with Gasteiger partial charge in [0.2, 0.25) is 5.91 Å². The molecule has 0 heterocycles. The maximum atomic E-state index is 12.5. The number of hydrogen-bond acceptors (Lipinski definition) is 5. The Balaban J connectivity index is 1.90. The Bertz CT molecular complexity index is 723. The monoisotopic (exact) mass is 348 g/mol. The molecule has 2 aliphatic rings. The molecule has 0 spiro atoms. The number of nitrogens with two attached hydrogens (primary N) is 1. The van der Waals surface area contributed by atoms with Gasteiger partial charge in [-0.2, -0.15) is 0 Å². The van der Waals surface area contributed by atoms with Crippen molar-refractivity contribution in [1.29, 1.82) is 0 Å². The van der Waals surface area contributed by atoms with Crippen LogP contribution in [0.3, 0.4) is 0 Å². The molecule has 134 valence electrons. The Morgan fingerprint density at radius 1 is 1.28 bits per heavy atom. The molecule has 0 bridgehead atoms. The summed E-state index contributed by atoms with van der Waals surface area (Å²) in [5.74, 6) is -4.55. The van der Waals surface area contributed by atoms with Crippen molar-refractivity contribution in [3.05, 3.63) is 30.3 Å². The minimum absolute atomic E-state index is 0.0219. The van der Waals surface area contributed by atoms with Gasteiger partial charge < -0.3 is 26.0 Å². The molecule has 2 saturated carbocycles. The van der Waals surface area contributed by atoms with Crippen LogP contribution < -0.4 is 11.1 Å². The first-order valence-electron chi connectivity index (χ1n) is 7.90. The molecule has 5 atom stereocenters. The van der Waals surface area contributed by atoms with Gasteiger partial charge in [-0.25, -0.2) is 0 Å². The van der Waals surface area contributed by atoms with Gasteiger partial charge in [-0.1, -0.05) is 18.2 Å². The Hall–Kier alpha value is -2.45. The number of benzene rings is 1. The molecule has 5 N–H and O–H groups in total. The molecule has 8 heteroatoms. The number of carbonyl (C=O) groups is 3. The number of aliphatic carboxylic acids is 2. The summed E-state index contributed by atoms with van der Waals surface area (Å²) in [7, 11) is 1.39. The van der Waals surface area contributed by atoms with Crippen LogP contribution in [0.15, 0.2) is 30.3 Å². The van der Waals surface area contributed by atoms with Crippen molar-refractivity contribution in [3.8, 4) is 0 Å². The summed E-state index contributed by atoms with van der Waals surface area (Å²) >= 11 is 0. The quantitative estimate of drug-likeness (QED) is 0.588. The van der Waals surface area contributed by atoms with Crippen molar-refractivity contribution in [1.82, 2.24) is 0 Å². The average molecular weight is 348 g/mol. The van der Waals surface area contributed by atoms with E-state index in [1.165, 1.54) is 7.11 Å². The lowest BCUT2D eigenvalue weighted by atomic mass is 9.77. The van der Waals surface area contributed by atoms with Gasteiger partial charge in [-0.15, -0.1) is 0 Å². The number of amides is 1. The van der Waals surface area contributed by atoms with E-state index in [2.05, 4.69) is 5.32 Å². The van der Waals surface area contributed by atoms with E-state index in [0.717, 1.165) is 0 Å². The van der Waals surface area contributed by atoms with Crippen LogP contribution in [0.2, 0.25) is 0 Å². The molecule has 1 amide bonds. The van der Waals surface area contributed by atoms with Crippen LogP contribution in [-0.2, 0) is 19.1 Å². The molecule has 1 aromatic carbocycles. The fraction of sp³-hybridized carbons (Fsp3) is 0.471. The van der Waals surface area contributed by atoms with Crippen molar-refractivity contribution < 1.29 is 29.3 Å². The lowest BCUT2D eigenvalue weighted by Crippen LogP contribution is -2.56. The Kier molecular flexibility index (Phi) is 4.04. The number of hydrogen-bond donors (Lipinski definition) is 4. The van der Waals surface area contributed by atoms with Crippen LogP contribution in [0.4, 0.5) is 5.69 Å². The lowest BCUT2D eigenvalue weighted by Gasteiger charge is -2.31. The summed E-state index contributed by atoms with van der Waals surface area (Å²) in [4.78, 5) is 36.0. The number of carboxylic acid groups (broad SMARTS) is 2. The van der Waals surface area contributed by atoms with Crippen LogP contribution in [0.25, 0.3) is 0 Å². The third kappa shape index (κ3) is 2.40. The molecule has 0 aromatic heterocycles. The van der Waals surface area contributed by atoms with Gasteiger partial charge in [0.05, 0.1) is 12.0 Å². The first kappa shape index (κ1) is 17.4. The summed E-state index contributed by atoms with van der Waals surface area (Å²) in [6, 6.07) is 8.66. The van der Waals surface area contributed by atoms with Gasteiger partial charge in [0.1, 0.15) is 5.54 Å². The van der Waals surface area contributed by atoms with E-state index in [-0.39, 0.29) is 12.8 Å². The van der Waals surface area contributed by atoms with Crippen LogP contribution in [0, 0.1) is 17.3 Å². The Morgan fingerprint density at radius 3 is 2.44 bits per heavy atom. The number of rotatable bonds is 6. The lowest BCUT2D eigenvalue weighted by molar-refractivity contribution is -0.149. The van der Waals surface area contributed by atoms with Crippen LogP contribution in [-0.4, -0.2) is 46.8 Å². The average Bonchev–Trinajstić information content (AvgIpc) is 3.15. The van der Waals surface area contributed by atoms with E-state index in [9.17, 15) is 24.6 Å².